The predicted molar refractivity (Wildman–Crippen MR) is 353 cm³/mol. The Morgan fingerprint density at radius 2 is 0.593 bits per heavy atom. The van der Waals surface area contributed by atoms with Crippen LogP contribution < -0.4 is 13.7 Å². The Hall–Kier alpha value is -2.79. The van der Waals surface area contributed by atoms with Crippen molar-refractivity contribution in [3.05, 3.63) is 160 Å². The van der Waals surface area contributed by atoms with Gasteiger partial charge in [-0.15, -0.1) is 0 Å². The Kier molecular flexibility index (Phi) is 31.1. The maximum Gasteiger partial charge on any atom is 0.173 e. The van der Waals surface area contributed by atoms with Gasteiger partial charge in [0, 0.05) is 88.3 Å². The van der Waals surface area contributed by atoms with Gasteiger partial charge in [0.2, 0.25) is 0 Å². The van der Waals surface area contributed by atoms with Gasteiger partial charge in [0.05, 0.1) is 0 Å². The molecule has 81 heavy (non-hydrogen) atoms. The molecule has 0 aliphatic carbocycles. The molecule has 0 N–H and O–H groups in total. The van der Waals surface area contributed by atoms with Crippen molar-refractivity contribution in [2.45, 2.75) is 230 Å². The molecule has 1 unspecified atom stereocenters. The molecule has 3 aromatic heterocycles. The molecule has 0 saturated carbocycles. The zero-order chi connectivity index (χ0) is 56.7. The summed E-state index contributed by atoms with van der Waals surface area (Å²) in [6.45, 7) is 7.04. The van der Waals surface area contributed by atoms with Crippen LogP contribution >= 0.6 is 47.8 Å². The lowest BCUT2D eigenvalue weighted by Gasteiger charge is -2.18. The number of benzene rings is 2. The highest BCUT2D eigenvalue weighted by Gasteiger charge is 2.27. The van der Waals surface area contributed by atoms with Crippen molar-refractivity contribution in [2.75, 3.05) is 56.8 Å². The Morgan fingerprint density at radius 1 is 0.346 bits per heavy atom. The topological polar surface area (TPSA) is 21.4 Å². The predicted octanol–water partition coefficient (Wildman–Crippen LogP) is 17.1. The summed E-state index contributed by atoms with van der Waals surface area (Å²) in [5, 5.41) is 3.41. The standard InChI is InChI=1S/C51H75N6.C21H33Br3/c1-52-28-16-25-49(52)46-22-13-34-55(40-46)31-10-4-7-19-43-37-44(20-8-5-11-32-56-35-14-23-47(41-56)50-26-17-29-53(50)2)39-45(38-43)21-9-6-12-33-57-36-15-24-48(42-57)51-27-18-30-54(51)3;22-13-7-1-4-10-19-16-20(11-5-2-8-14-23)18-21(17-19)12-6-3-9-15-24/h13-15,22-24,34-42,49-51H,4-12,16-21,25-33H2,1-3H3;16-18H,1-15H2/q+3;/t49-,50-,51?;/m0./s1. The second-order valence-electron chi connectivity index (χ2n) is 24.8. The zero-order valence-electron chi connectivity index (χ0n) is 51.0. The van der Waals surface area contributed by atoms with Gasteiger partial charge in [-0.1, -0.05) is 103 Å². The first kappa shape index (κ1) is 65.7. The molecule has 0 amide bonds. The van der Waals surface area contributed by atoms with E-state index < -0.39 is 0 Å². The molecule has 8 rings (SSSR count). The van der Waals surface area contributed by atoms with E-state index in [9.17, 15) is 0 Å². The van der Waals surface area contributed by atoms with Crippen LogP contribution in [0.4, 0.5) is 0 Å². The summed E-state index contributed by atoms with van der Waals surface area (Å²) in [7, 11) is 6.84. The van der Waals surface area contributed by atoms with Gasteiger partial charge in [-0.25, -0.2) is 13.7 Å². The number of halogens is 3. The van der Waals surface area contributed by atoms with Crippen molar-refractivity contribution in [2.24, 2.45) is 0 Å². The minimum Gasteiger partial charge on any atom is -0.299 e. The van der Waals surface area contributed by atoms with Crippen LogP contribution in [0.25, 0.3) is 0 Å². The fourth-order valence-corrected chi connectivity index (χ4v) is 14.6. The smallest absolute Gasteiger partial charge is 0.173 e. The monoisotopic (exact) mass is 1290 g/mol. The number of alkyl halides is 3. The van der Waals surface area contributed by atoms with Gasteiger partial charge in [-0.2, -0.15) is 0 Å². The molecule has 3 aliphatic heterocycles. The fraction of sp³-hybridized carbons (Fsp3) is 0.625. The summed E-state index contributed by atoms with van der Waals surface area (Å²) in [5.74, 6) is 0. The number of pyridine rings is 3. The third kappa shape index (κ3) is 23.9. The number of hydrogen-bond acceptors (Lipinski definition) is 3. The number of hydrogen-bond donors (Lipinski definition) is 0. The highest BCUT2D eigenvalue weighted by molar-refractivity contribution is 9.09. The lowest BCUT2D eigenvalue weighted by molar-refractivity contribution is -0.698. The third-order valence-electron chi connectivity index (χ3n) is 18.0. The van der Waals surface area contributed by atoms with E-state index in [-0.39, 0.29) is 0 Å². The van der Waals surface area contributed by atoms with Gasteiger partial charge in [-0.05, 0) is 246 Å². The van der Waals surface area contributed by atoms with Crippen molar-refractivity contribution >= 4 is 47.8 Å². The fourth-order valence-electron chi connectivity index (χ4n) is 13.4. The van der Waals surface area contributed by atoms with Crippen molar-refractivity contribution < 1.29 is 13.7 Å². The number of nitrogens with zero attached hydrogens (tertiary/aromatic N) is 6. The number of likely N-dealkylation sites (tertiary alicyclic amines) is 3. The highest BCUT2D eigenvalue weighted by Crippen LogP contribution is 2.32. The first-order valence-electron chi connectivity index (χ1n) is 32.8. The Balaban J connectivity index is 0.000000331. The van der Waals surface area contributed by atoms with Crippen LogP contribution in [-0.2, 0) is 58.2 Å². The molecule has 9 heteroatoms. The Bertz CT molecular complexity index is 2220. The molecular weight excluding hydrogens is 1190 g/mol. The van der Waals surface area contributed by atoms with Crippen molar-refractivity contribution in [3.8, 4) is 0 Å². The van der Waals surface area contributed by atoms with E-state index in [4.69, 9.17) is 0 Å². The normalized spacial score (nSPS) is 17.8. The SMILES string of the molecule is BrCCCCCc1cc(CCCCCBr)cc(CCCCCBr)c1.CN1CCCC1c1ccc[n+](CCCCCc2cc(CCCCC[n+]3cccc([C@@H]4CCCN4C)c3)cc(CCCCC[n+]3cccc([C@@H]4CCCN4C)c3)c2)c1. The van der Waals surface area contributed by atoms with Gasteiger partial charge in [-0.3, -0.25) is 14.7 Å². The van der Waals surface area contributed by atoms with E-state index in [1.807, 2.05) is 0 Å². The summed E-state index contributed by atoms with van der Waals surface area (Å²) >= 11 is 10.6. The van der Waals surface area contributed by atoms with Crippen LogP contribution in [0.1, 0.15) is 222 Å². The van der Waals surface area contributed by atoms with Crippen molar-refractivity contribution in [1.82, 2.24) is 14.7 Å². The van der Waals surface area contributed by atoms with Gasteiger partial charge < -0.3 is 0 Å². The summed E-state index contributed by atoms with van der Waals surface area (Å²) in [4.78, 5) is 7.56. The lowest BCUT2D eigenvalue weighted by atomic mass is 9.95. The molecule has 444 valence electrons. The van der Waals surface area contributed by atoms with Crippen LogP contribution in [0, 0.1) is 0 Å². The molecule has 6 nitrogen and oxygen atoms in total. The van der Waals surface area contributed by atoms with Crippen LogP contribution in [0.5, 0.6) is 0 Å². The maximum absolute atomic E-state index is 3.53. The minimum atomic E-state index is 0.596. The number of aryl methyl sites for hydroxylation is 9. The molecule has 5 aromatic rings. The third-order valence-corrected chi connectivity index (χ3v) is 19.7. The molecule has 3 fully saturated rings. The lowest BCUT2D eigenvalue weighted by Crippen LogP contribution is -2.34. The molecule has 0 bridgehead atoms. The van der Waals surface area contributed by atoms with Gasteiger partial charge >= 0.3 is 0 Å². The van der Waals surface area contributed by atoms with Gasteiger partial charge in [0.25, 0.3) is 0 Å². The second-order valence-corrected chi connectivity index (χ2v) is 27.2. The van der Waals surface area contributed by atoms with Crippen LogP contribution in [-0.4, -0.2) is 71.5 Å². The first-order valence-corrected chi connectivity index (χ1v) is 36.1. The average Bonchev–Trinajstić information content (AvgIpc) is 4.25. The molecule has 3 saturated heterocycles. The van der Waals surface area contributed by atoms with E-state index in [0.29, 0.717) is 18.1 Å². The summed E-state index contributed by atoms with van der Waals surface area (Å²) in [6, 6.07) is 30.6. The minimum absolute atomic E-state index is 0.596. The summed E-state index contributed by atoms with van der Waals surface area (Å²) in [6.07, 6.45) is 52.5. The van der Waals surface area contributed by atoms with E-state index >= 15 is 0 Å². The largest absolute Gasteiger partial charge is 0.299 e. The van der Waals surface area contributed by atoms with E-state index in [0.717, 1.165) is 35.6 Å². The summed E-state index contributed by atoms with van der Waals surface area (Å²) in [5.41, 5.74) is 13.9. The molecule has 3 atom stereocenters. The second kappa shape index (κ2) is 38.3. The molecular formula is C72H108Br3N6+3. The maximum atomic E-state index is 3.53. The van der Waals surface area contributed by atoms with Crippen molar-refractivity contribution in [3.63, 3.8) is 0 Å². The highest BCUT2D eigenvalue weighted by atomic mass is 79.9. The number of rotatable bonds is 36. The Labute approximate surface area is 519 Å². The first-order chi connectivity index (χ1) is 39.8. The quantitative estimate of drug-likeness (QED) is 0.0227. The number of unbranched alkanes of at least 4 members (excludes halogenated alkanes) is 12. The van der Waals surface area contributed by atoms with E-state index in [2.05, 4.69) is 207 Å². The van der Waals surface area contributed by atoms with Gasteiger partial charge in [0.15, 0.2) is 37.2 Å². The molecule has 0 radical (unpaired) electrons. The Morgan fingerprint density at radius 3 is 0.815 bits per heavy atom. The van der Waals surface area contributed by atoms with Crippen LogP contribution in [0.15, 0.2) is 110 Å². The number of aromatic nitrogens is 3. The molecule has 2 aromatic carbocycles. The van der Waals surface area contributed by atoms with Crippen molar-refractivity contribution in [1.29, 1.82) is 0 Å². The summed E-state index contributed by atoms with van der Waals surface area (Å²) < 4.78 is 7.31. The molecule has 6 heterocycles. The molecule has 3 aliphatic rings. The molecule has 0 spiro atoms. The van der Waals surface area contributed by atoms with Crippen LogP contribution in [0.3, 0.4) is 0 Å². The average molecular weight is 1300 g/mol. The van der Waals surface area contributed by atoms with E-state index in [1.165, 1.54) is 229 Å². The van der Waals surface area contributed by atoms with E-state index in [1.54, 1.807) is 33.4 Å². The zero-order valence-corrected chi connectivity index (χ0v) is 55.8. The van der Waals surface area contributed by atoms with Crippen LogP contribution in [0.2, 0.25) is 0 Å². The van der Waals surface area contributed by atoms with Gasteiger partial charge in [0.1, 0.15) is 19.6 Å².